The number of rotatable bonds is 3. The summed E-state index contributed by atoms with van der Waals surface area (Å²) in [6, 6.07) is 6.86. The summed E-state index contributed by atoms with van der Waals surface area (Å²) in [5.74, 6) is 0.309. The lowest BCUT2D eigenvalue weighted by atomic mass is 10.1. The fraction of sp³-hybridized carbons (Fsp3) is 0.278. The number of azo groups is 1. The quantitative estimate of drug-likeness (QED) is 0.515. The molecule has 3 aromatic rings. The van der Waals surface area contributed by atoms with E-state index in [9.17, 15) is 4.39 Å². The Morgan fingerprint density at radius 2 is 1.92 bits per heavy atom. The van der Waals surface area contributed by atoms with Crippen molar-refractivity contribution in [3.63, 3.8) is 0 Å². The number of fused-ring (bicyclic) bond motifs is 1. The lowest BCUT2D eigenvalue weighted by Crippen LogP contribution is -1.88. The van der Waals surface area contributed by atoms with Gasteiger partial charge in [-0.05, 0) is 49.1 Å². The van der Waals surface area contributed by atoms with Crippen molar-refractivity contribution in [3.8, 4) is 0 Å². The molecule has 0 N–H and O–H groups in total. The molecule has 2 heterocycles. The minimum Gasteiger partial charge on any atom is -0.280 e. The molecule has 0 aliphatic heterocycles. The predicted molar refractivity (Wildman–Crippen MR) is 94.3 cm³/mol. The van der Waals surface area contributed by atoms with Crippen LogP contribution >= 0.6 is 11.6 Å². The molecular formula is C18H18ClFN4. The average Bonchev–Trinajstić information content (AvgIpc) is 2.84. The van der Waals surface area contributed by atoms with Crippen molar-refractivity contribution in [2.24, 2.45) is 10.2 Å². The second-order valence-electron chi connectivity index (χ2n) is 6.16. The third-order valence-corrected chi connectivity index (χ3v) is 4.06. The molecule has 0 amide bonds. The van der Waals surface area contributed by atoms with Crippen molar-refractivity contribution < 1.29 is 4.39 Å². The van der Waals surface area contributed by atoms with Gasteiger partial charge in [-0.25, -0.2) is 9.37 Å². The van der Waals surface area contributed by atoms with Crippen LogP contribution in [-0.4, -0.2) is 9.38 Å². The van der Waals surface area contributed by atoms with Crippen molar-refractivity contribution >= 4 is 28.8 Å². The van der Waals surface area contributed by atoms with Crippen LogP contribution in [0.15, 0.2) is 40.7 Å². The molecule has 0 aliphatic rings. The summed E-state index contributed by atoms with van der Waals surface area (Å²) in [5, 5.41) is 9.22. The Bertz CT molecular complexity index is 921. The van der Waals surface area contributed by atoms with Gasteiger partial charge in [-0.1, -0.05) is 31.5 Å². The first-order valence-corrected chi connectivity index (χ1v) is 8.10. The topological polar surface area (TPSA) is 42.0 Å². The number of pyridine rings is 1. The Morgan fingerprint density at radius 3 is 2.58 bits per heavy atom. The van der Waals surface area contributed by atoms with Crippen molar-refractivity contribution in [2.45, 2.75) is 33.6 Å². The zero-order chi connectivity index (χ0) is 17.4. The lowest BCUT2D eigenvalue weighted by Gasteiger charge is -2.05. The number of hydrogen-bond donors (Lipinski definition) is 0. The molecule has 0 spiro atoms. The first kappa shape index (κ1) is 16.6. The highest BCUT2D eigenvalue weighted by Gasteiger charge is 2.16. The Morgan fingerprint density at radius 1 is 1.17 bits per heavy atom. The molecule has 2 aromatic heterocycles. The van der Waals surface area contributed by atoms with Crippen molar-refractivity contribution in [2.75, 3.05) is 0 Å². The second-order valence-corrected chi connectivity index (χ2v) is 6.57. The molecule has 1 aromatic carbocycles. The third-order valence-electron chi connectivity index (χ3n) is 3.77. The number of nitrogens with zero attached hydrogens (tertiary/aromatic N) is 4. The van der Waals surface area contributed by atoms with Crippen LogP contribution in [0.1, 0.15) is 36.6 Å². The van der Waals surface area contributed by atoms with E-state index in [0.717, 1.165) is 16.8 Å². The first-order chi connectivity index (χ1) is 11.4. The molecular weight excluding hydrogens is 327 g/mol. The summed E-state index contributed by atoms with van der Waals surface area (Å²) < 4.78 is 15.2. The van der Waals surface area contributed by atoms with Crippen LogP contribution in [0, 0.1) is 19.7 Å². The van der Waals surface area contributed by atoms with E-state index in [1.165, 1.54) is 12.3 Å². The monoisotopic (exact) mass is 344 g/mol. The number of aryl methyl sites for hydroxylation is 2. The minimum absolute atomic E-state index is 0.136. The maximum atomic E-state index is 13.6. The van der Waals surface area contributed by atoms with Gasteiger partial charge in [0.25, 0.3) is 0 Å². The Kier molecular flexibility index (Phi) is 4.37. The number of hydrogen-bond acceptors (Lipinski definition) is 3. The molecule has 4 nitrogen and oxygen atoms in total. The van der Waals surface area contributed by atoms with E-state index >= 15 is 0 Å². The SMILES string of the molecule is Cc1cc(C)c(N=Nc2c(C(C)C)nc3ccc(F)cn23)c(Cl)c1. The molecule has 124 valence electrons. The van der Waals surface area contributed by atoms with E-state index in [4.69, 9.17) is 11.6 Å². The van der Waals surface area contributed by atoms with Gasteiger partial charge in [0.15, 0.2) is 5.82 Å². The van der Waals surface area contributed by atoms with Gasteiger partial charge < -0.3 is 0 Å². The van der Waals surface area contributed by atoms with Gasteiger partial charge >= 0.3 is 0 Å². The number of aromatic nitrogens is 2. The highest BCUT2D eigenvalue weighted by Crippen LogP contribution is 2.34. The molecule has 0 saturated heterocycles. The van der Waals surface area contributed by atoms with Gasteiger partial charge in [0.05, 0.1) is 10.7 Å². The molecule has 0 fully saturated rings. The van der Waals surface area contributed by atoms with Crippen molar-refractivity contribution in [1.29, 1.82) is 0 Å². The maximum Gasteiger partial charge on any atom is 0.183 e. The van der Waals surface area contributed by atoms with E-state index in [-0.39, 0.29) is 11.7 Å². The summed E-state index contributed by atoms with van der Waals surface area (Å²) in [4.78, 5) is 4.53. The van der Waals surface area contributed by atoms with Crippen LogP contribution in [0.25, 0.3) is 5.65 Å². The summed E-state index contributed by atoms with van der Waals surface area (Å²) in [5.41, 5.74) is 4.03. The van der Waals surface area contributed by atoms with E-state index in [1.807, 2.05) is 39.8 Å². The number of halogens is 2. The molecule has 3 rings (SSSR count). The van der Waals surface area contributed by atoms with E-state index < -0.39 is 0 Å². The zero-order valence-corrected chi connectivity index (χ0v) is 14.8. The van der Waals surface area contributed by atoms with Gasteiger partial charge in [0.2, 0.25) is 0 Å². The number of imidazole rings is 1. The van der Waals surface area contributed by atoms with Gasteiger partial charge in [0, 0.05) is 6.20 Å². The summed E-state index contributed by atoms with van der Waals surface area (Å²) in [6.07, 6.45) is 1.37. The third kappa shape index (κ3) is 3.04. The van der Waals surface area contributed by atoms with Crippen LogP contribution in [0.2, 0.25) is 5.02 Å². The van der Waals surface area contributed by atoms with E-state index in [0.29, 0.717) is 22.2 Å². The lowest BCUT2D eigenvalue weighted by molar-refractivity contribution is 0.619. The predicted octanol–water partition coefficient (Wildman–Crippen LogP) is 6.28. The smallest absolute Gasteiger partial charge is 0.183 e. The standard InChI is InChI=1S/C18H18ClFN4/c1-10(2)16-18(24-9-13(20)5-6-15(24)21-16)23-22-17-12(4)7-11(3)8-14(17)19/h5-10H,1-4H3. The highest BCUT2D eigenvalue weighted by molar-refractivity contribution is 6.33. The normalized spacial score (nSPS) is 12.0. The molecule has 0 saturated carbocycles. The molecule has 6 heteroatoms. The second kappa shape index (κ2) is 6.32. The largest absolute Gasteiger partial charge is 0.280 e. The Balaban J connectivity index is 2.16. The van der Waals surface area contributed by atoms with Gasteiger partial charge in [-0.2, -0.15) is 0 Å². The fourth-order valence-corrected chi connectivity index (χ4v) is 3.00. The summed E-state index contributed by atoms with van der Waals surface area (Å²) >= 11 is 6.28. The molecule has 0 atom stereocenters. The van der Waals surface area contributed by atoms with Crippen molar-refractivity contribution in [1.82, 2.24) is 9.38 Å². The fourth-order valence-electron chi connectivity index (χ4n) is 2.64. The van der Waals surface area contributed by atoms with Crippen LogP contribution in [0.4, 0.5) is 15.9 Å². The minimum atomic E-state index is -0.351. The molecule has 0 bridgehead atoms. The van der Waals surface area contributed by atoms with Gasteiger partial charge in [-0.15, -0.1) is 10.2 Å². The molecule has 0 unspecified atom stereocenters. The molecule has 24 heavy (non-hydrogen) atoms. The average molecular weight is 345 g/mol. The van der Waals surface area contributed by atoms with Gasteiger partial charge in [0.1, 0.15) is 17.2 Å². The van der Waals surface area contributed by atoms with Gasteiger partial charge in [-0.3, -0.25) is 4.40 Å². The Labute approximate surface area is 145 Å². The zero-order valence-electron chi connectivity index (χ0n) is 14.0. The van der Waals surface area contributed by atoms with Crippen LogP contribution in [-0.2, 0) is 0 Å². The summed E-state index contributed by atoms with van der Waals surface area (Å²) in [6.45, 7) is 7.94. The van der Waals surface area contributed by atoms with Crippen LogP contribution in [0.3, 0.4) is 0 Å². The van der Waals surface area contributed by atoms with Crippen LogP contribution < -0.4 is 0 Å². The maximum absolute atomic E-state index is 13.6. The first-order valence-electron chi connectivity index (χ1n) is 7.73. The Hall–Kier alpha value is -2.27. The number of benzene rings is 1. The highest BCUT2D eigenvalue weighted by atomic mass is 35.5. The van der Waals surface area contributed by atoms with E-state index in [1.54, 1.807) is 10.5 Å². The summed E-state index contributed by atoms with van der Waals surface area (Å²) in [7, 11) is 0. The molecule has 0 radical (unpaired) electrons. The van der Waals surface area contributed by atoms with Crippen LogP contribution in [0.5, 0.6) is 0 Å². The van der Waals surface area contributed by atoms with Crippen molar-refractivity contribution in [3.05, 3.63) is 58.1 Å². The molecule has 0 aliphatic carbocycles. The van der Waals surface area contributed by atoms with E-state index in [2.05, 4.69) is 15.2 Å².